The van der Waals surface area contributed by atoms with Crippen LogP contribution in [-0.2, 0) is 22.4 Å². The van der Waals surface area contributed by atoms with E-state index in [1.165, 1.54) is 12.0 Å². The Morgan fingerprint density at radius 2 is 2.04 bits per heavy atom. The smallest absolute Gasteiger partial charge is 0.331 e. The van der Waals surface area contributed by atoms with E-state index in [1.807, 2.05) is 12.1 Å². The summed E-state index contributed by atoms with van der Waals surface area (Å²) in [6, 6.07) is 11.4. The summed E-state index contributed by atoms with van der Waals surface area (Å²) in [5, 5.41) is 10.2. The van der Waals surface area contributed by atoms with Crippen LogP contribution in [0.25, 0.3) is 0 Å². The van der Waals surface area contributed by atoms with Crippen LogP contribution in [0.3, 0.4) is 0 Å². The van der Waals surface area contributed by atoms with Crippen molar-refractivity contribution in [2.45, 2.75) is 18.9 Å². The maximum atomic E-state index is 12.8. The van der Waals surface area contributed by atoms with Gasteiger partial charge in [-0.3, -0.25) is 4.79 Å². The maximum absolute atomic E-state index is 12.8. The zero-order valence-electron chi connectivity index (χ0n) is 13.7. The van der Waals surface area contributed by atoms with E-state index in [9.17, 15) is 14.7 Å². The van der Waals surface area contributed by atoms with Crippen LogP contribution in [0.5, 0.6) is 5.75 Å². The lowest BCUT2D eigenvalue weighted by Crippen LogP contribution is -2.44. The van der Waals surface area contributed by atoms with Gasteiger partial charge in [0.25, 0.3) is 0 Å². The summed E-state index contributed by atoms with van der Waals surface area (Å²) in [5.41, 5.74) is 2.29. The van der Waals surface area contributed by atoms with Gasteiger partial charge >= 0.3 is 5.97 Å². The minimum absolute atomic E-state index is 0.0374. The SMILES string of the molecule is COc1ccc(Cl)cc1CC(=O)N1CCc2ccccc2C1C(=O)O. The number of carboxylic acids is 1. The fourth-order valence-corrected chi connectivity index (χ4v) is 3.45. The molecule has 1 unspecified atom stereocenters. The zero-order chi connectivity index (χ0) is 18.0. The molecule has 130 valence electrons. The van der Waals surface area contributed by atoms with Crippen molar-refractivity contribution >= 4 is 23.5 Å². The second-order valence-electron chi connectivity index (χ2n) is 5.91. The molecule has 0 spiro atoms. The highest BCUT2D eigenvalue weighted by molar-refractivity contribution is 6.30. The van der Waals surface area contributed by atoms with Crippen LogP contribution >= 0.6 is 11.6 Å². The van der Waals surface area contributed by atoms with Crippen molar-refractivity contribution < 1.29 is 19.4 Å². The number of rotatable bonds is 4. The van der Waals surface area contributed by atoms with Gasteiger partial charge < -0.3 is 14.7 Å². The van der Waals surface area contributed by atoms with Crippen LogP contribution in [-0.4, -0.2) is 35.5 Å². The minimum atomic E-state index is -1.03. The first kappa shape index (κ1) is 17.3. The van der Waals surface area contributed by atoms with Gasteiger partial charge in [0.05, 0.1) is 13.5 Å². The first-order valence-electron chi connectivity index (χ1n) is 7.93. The Bertz CT molecular complexity index is 821. The van der Waals surface area contributed by atoms with Crippen molar-refractivity contribution in [2.24, 2.45) is 0 Å². The number of hydrogen-bond donors (Lipinski definition) is 1. The molecule has 0 fully saturated rings. The van der Waals surface area contributed by atoms with Gasteiger partial charge in [0.15, 0.2) is 6.04 Å². The summed E-state index contributed by atoms with van der Waals surface area (Å²) in [6.45, 7) is 0.371. The Hall–Kier alpha value is -2.53. The van der Waals surface area contributed by atoms with Crippen molar-refractivity contribution in [1.29, 1.82) is 0 Å². The van der Waals surface area contributed by atoms with Gasteiger partial charge in [0, 0.05) is 17.1 Å². The van der Waals surface area contributed by atoms with Gasteiger partial charge in [0.1, 0.15) is 5.75 Å². The molecule has 3 rings (SSSR count). The second-order valence-corrected chi connectivity index (χ2v) is 6.35. The number of hydrogen-bond acceptors (Lipinski definition) is 3. The highest BCUT2D eigenvalue weighted by atomic mass is 35.5. The minimum Gasteiger partial charge on any atom is -0.496 e. The third-order valence-electron chi connectivity index (χ3n) is 4.42. The molecule has 0 aromatic heterocycles. The molecule has 5 nitrogen and oxygen atoms in total. The molecule has 2 aromatic carbocycles. The van der Waals surface area contributed by atoms with E-state index in [-0.39, 0.29) is 12.3 Å². The molecule has 0 saturated carbocycles. The molecule has 1 N–H and O–H groups in total. The van der Waals surface area contributed by atoms with Crippen LogP contribution < -0.4 is 4.74 Å². The first-order valence-corrected chi connectivity index (χ1v) is 8.31. The quantitative estimate of drug-likeness (QED) is 0.910. The zero-order valence-corrected chi connectivity index (χ0v) is 14.5. The number of benzene rings is 2. The van der Waals surface area contributed by atoms with Gasteiger partial charge in [0.2, 0.25) is 5.91 Å². The third-order valence-corrected chi connectivity index (χ3v) is 4.66. The van der Waals surface area contributed by atoms with Crippen LogP contribution in [0.1, 0.15) is 22.7 Å². The summed E-state index contributed by atoms with van der Waals surface area (Å²) in [6.07, 6.45) is 0.675. The number of carboxylic acid groups (broad SMARTS) is 1. The highest BCUT2D eigenvalue weighted by Gasteiger charge is 2.35. The van der Waals surface area contributed by atoms with Crippen LogP contribution in [0, 0.1) is 0 Å². The molecule has 1 amide bonds. The van der Waals surface area contributed by atoms with Gasteiger partial charge in [-0.05, 0) is 35.7 Å². The summed E-state index contributed by atoms with van der Waals surface area (Å²) in [7, 11) is 1.52. The Balaban J connectivity index is 1.90. The normalized spacial score (nSPS) is 16.2. The molecule has 25 heavy (non-hydrogen) atoms. The Morgan fingerprint density at radius 1 is 1.28 bits per heavy atom. The number of nitrogens with zero attached hydrogens (tertiary/aromatic N) is 1. The number of halogens is 1. The Morgan fingerprint density at radius 3 is 2.76 bits per heavy atom. The summed E-state index contributed by atoms with van der Waals surface area (Å²) in [4.78, 5) is 26.1. The van der Waals surface area contributed by atoms with Crippen LogP contribution in [0.15, 0.2) is 42.5 Å². The fourth-order valence-electron chi connectivity index (χ4n) is 3.25. The van der Waals surface area contributed by atoms with Crippen molar-refractivity contribution in [3.8, 4) is 5.75 Å². The number of aliphatic carboxylic acids is 1. The molecule has 1 atom stereocenters. The van der Waals surface area contributed by atoms with Crippen molar-refractivity contribution in [3.05, 3.63) is 64.2 Å². The first-order chi connectivity index (χ1) is 12.0. The average molecular weight is 360 g/mol. The lowest BCUT2D eigenvalue weighted by atomic mass is 9.92. The van der Waals surface area contributed by atoms with Crippen molar-refractivity contribution in [2.75, 3.05) is 13.7 Å². The van der Waals surface area contributed by atoms with E-state index < -0.39 is 12.0 Å². The lowest BCUT2D eigenvalue weighted by molar-refractivity contribution is -0.151. The predicted molar refractivity (Wildman–Crippen MR) is 93.9 cm³/mol. The number of methoxy groups -OCH3 is 1. The standard InChI is InChI=1S/C19H18ClNO4/c1-25-16-7-6-14(20)10-13(16)11-17(22)21-9-8-12-4-2-3-5-15(12)18(21)19(23)24/h2-7,10,18H,8-9,11H2,1H3,(H,23,24). The van der Waals surface area contributed by atoms with Gasteiger partial charge in [-0.1, -0.05) is 35.9 Å². The molecular formula is C19H18ClNO4. The molecule has 0 radical (unpaired) electrons. The molecule has 1 aliphatic heterocycles. The summed E-state index contributed by atoms with van der Waals surface area (Å²) in [5.74, 6) is -0.733. The molecule has 0 aliphatic carbocycles. The van der Waals surface area contributed by atoms with E-state index in [4.69, 9.17) is 16.3 Å². The maximum Gasteiger partial charge on any atom is 0.331 e. The molecule has 1 aliphatic rings. The van der Waals surface area contributed by atoms with E-state index in [0.717, 1.165) is 5.56 Å². The molecular weight excluding hydrogens is 342 g/mol. The molecule has 1 heterocycles. The summed E-state index contributed by atoms with van der Waals surface area (Å²) >= 11 is 6.01. The van der Waals surface area contributed by atoms with Crippen molar-refractivity contribution in [1.82, 2.24) is 4.90 Å². The topological polar surface area (TPSA) is 66.8 Å². The molecule has 6 heteroatoms. The number of fused-ring (bicyclic) bond motifs is 1. The molecule has 0 saturated heterocycles. The second kappa shape index (κ2) is 7.15. The Kier molecular flexibility index (Phi) is 4.95. The fraction of sp³-hybridized carbons (Fsp3) is 0.263. The predicted octanol–water partition coefficient (Wildman–Crippen LogP) is 3.10. The average Bonchev–Trinajstić information content (AvgIpc) is 2.60. The molecule has 2 aromatic rings. The monoisotopic (exact) mass is 359 g/mol. The van der Waals surface area contributed by atoms with Gasteiger partial charge in [-0.25, -0.2) is 4.79 Å². The third kappa shape index (κ3) is 3.46. The van der Waals surface area contributed by atoms with Gasteiger partial charge in [-0.2, -0.15) is 0 Å². The van der Waals surface area contributed by atoms with E-state index in [1.54, 1.807) is 30.3 Å². The number of carbonyl (C=O) groups excluding carboxylic acids is 1. The van der Waals surface area contributed by atoms with E-state index in [2.05, 4.69) is 0 Å². The van der Waals surface area contributed by atoms with Crippen LogP contribution in [0.4, 0.5) is 0 Å². The van der Waals surface area contributed by atoms with Gasteiger partial charge in [-0.15, -0.1) is 0 Å². The van der Waals surface area contributed by atoms with E-state index in [0.29, 0.717) is 34.9 Å². The summed E-state index contributed by atoms with van der Waals surface area (Å²) < 4.78 is 5.27. The molecule has 0 bridgehead atoms. The number of ether oxygens (including phenoxy) is 1. The van der Waals surface area contributed by atoms with Crippen LogP contribution in [0.2, 0.25) is 5.02 Å². The largest absolute Gasteiger partial charge is 0.496 e. The number of amides is 1. The number of carbonyl (C=O) groups is 2. The van der Waals surface area contributed by atoms with E-state index >= 15 is 0 Å². The van der Waals surface area contributed by atoms with Crippen molar-refractivity contribution in [3.63, 3.8) is 0 Å². The highest BCUT2D eigenvalue weighted by Crippen LogP contribution is 2.31. The Labute approximate surface area is 150 Å². The lowest BCUT2D eigenvalue weighted by Gasteiger charge is -2.35.